The number of hydrogen-bond donors (Lipinski definition) is 2. The molecular formula is C23H15N3O4S. The van der Waals surface area contributed by atoms with Gasteiger partial charge in [-0.1, -0.05) is 65.9 Å². The number of amides is 2. The maximum Gasteiger partial charge on any atom is 0.311 e. The molecule has 0 aliphatic carbocycles. The molecule has 152 valence electrons. The Morgan fingerprint density at radius 1 is 1.00 bits per heavy atom. The summed E-state index contributed by atoms with van der Waals surface area (Å²) in [6.07, 6.45) is 0. The summed E-state index contributed by atoms with van der Waals surface area (Å²) in [7, 11) is 0. The Morgan fingerprint density at radius 3 is 2.61 bits per heavy atom. The average molecular weight is 429 g/mol. The van der Waals surface area contributed by atoms with E-state index in [2.05, 4.69) is 10.3 Å². The number of nitrogens with one attached hydrogen (secondary N) is 1. The number of fused-ring (bicyclic) bond motifs is 2. The predicted molar refractivity (Wildman–Crippen MR) is 118 cm³/mol. The summed E-state index contributed by atoms with van der Waals surface area (Å²) in [6, 6.07) is 20.0. The molecular weight excluding hydrogens is 414 g/mol. The van der Waals surface area contributed by atoms with Gasteiger partial charge in [0.25, 0.3) is 5.91 Å². The summed E-state index contributed by atoms with van der Waals surface area (Å²) in [5, 5.41) is 16.3. The fourth-order valence-corrected chi connectivity index (χ4v) is 4.59. The Balaban J connectivity index is 1.49. The second-order valence-electron chi connectivity index (χ2n) is 6.99. The number of hydrogen-bond acceptors (Lipinski definition) is 5. The van der Waals surface area contributed by atoms with Crippen LogP contribution < -0.4 is 20.8 Å². The average Bonchev–Trinajstić information content (AvgIpc) is 3.24. The minimum absolute atomic E-state index is 0.113. The molecule has 0 atom stereocenters. The highest BCUT2D eigenvalue weighted by Crippen LogP contribution is 2.28. The summed E-state index contributed by atoms with van der Waals surface area (Å²) in [6.45, 7) is -0.384. The summed E-state index contributed by atoms with van der Waals surface area (Å²) >= 11 is 0.716. The van der Waals surface area contributed by atoms with E-state index < -0.39 is 22.6 Å². The monoisotopic (exact) mass is 429 g/mol. The quantitative estimate of drug-likeness (QED) is 0.516. The van der Waals surface area contributed by atoms with E-state index in [0.717, 1.165) is 15.3 Å². The Bertz CT molecular complexity index is 1560. The molecule has 1 aromatic heterocycles. The molecule has 3 aromatic carbocycles. The second-order valence-corrected chi connectivity index (χ2v) is 7.95. The standard InChI is InChI=1S/C23H15N3O4S/c27-18(24-16-11-5-7-13-6-1-2-8-14(13)16)12-26-22(29)20(31-23(26)30)19-15-9-3-4-10-17(15)25-21(19)28/h1-11,29H,12H2,(H,24,27). The lowest BCUT2D eigenvalue weighted by molar-refractivity contribution is -0.117. The number of benzene rings is 3. The van der Waals surface area contributed by atoms with Crippen LogP contribution in [-0.2, 0) is 16.1 Å². The van der Waals surface area contributed by atoms with Crippen LogP contribution in [0.1, 0.15) is 4.88 Å². The van der Waals surface area contributed by atoms with Gasteiger partial charge in [-0.2, -0.15) is 0 Å². The fourth-order valence-electron chi connectivity index (χ4n) is 3.65. The normalized spacial score (nSPS) is 12.6. The fraction of sp³-hybridized carbons (Fsp3) is 0.0435. The van der Waals surface area contributed by atoms with E-state index >= 15 is 0 Å². The zero-order chi connectivity index (χ0) is 21.5. The number of carbonyl (C=O) groups excluding carboxylic acids is 2. The molecule has 7 nitrogen and oxygen atoms in total. The smallest absolute Gasteiger partial charge is 0.311 e. The number of carbonyl (C=O) groups is 2. The van der Waals surface area contributed by atoms with Gasteiger partial charge in [-0.25, -0.2) is 4.99 Å². The molecule has 0 spiro atoms. The topological polar surface area (TPSA) is 101 Å². The Morgan fingerprint density at radius 2 is 1.74 bits per heavy atom. The molecule has 0 fully saturated rings. The van der Waals surface area contributed by atoms with Crippen molar-refractivity contribution >= 4 is 45.2 Å². The van der Waals surface area contributed by atoms with Gasteiger partial charge in [-0.15, -0.1) is 0 Å². The SMILES string of the molecule is O=C(Cn1c(O)c(C2=c3ccccc3=NC2=O)sc1=O)Nc1cccc2ccccc12. The van der Waals surface area contributed by atoms with Gasteiger partial charge in [0.15, 0.2) is 0 Å². The number of para-hydroxylation sites is 1. The number of thiazole rings is 1. The predicted octanol–water partition coefficient (Wildman–Crippen LogP) is 1.77. The third-order valence-corrected chi connectivity index (χ3v) is 6.06. The first kappa shape index (κ1) is 19.0. The van der Waals surface area contributed by atoms with Crippen LogP contribution in [0.2, 0.25) is 0 Å². The van der Waals surface area contributed by atoms with Gasteiger partial charge in [0, 0.05) is 16.3 Å². The largest absolute Gasteiger partial charge is 0.493 e. The number of nitrogens with zero attached hydrogens (tertiary/aromatic N) is 2. The van der Waals surface area contributed by atoms with E-state index in [9.17, 15) is 19.5 Å². The third-order valence-electron chi connectivity index (χ3n) is 5.07. The van der Waals surface area contributed by atoms with Crippen LogP contribution in [-0.4, -0.2) is 21.5 Å². The molecule has 2 N–H and O–H groups in total. The lowest BCUT2D eigenvalue weighted by Crippen LogP contribution is -2.24. The van der Waals surface area contributed by atoms with E-state index in [4.69, 9.17) is 0 Å². The van der Waals surface area contributed by atoms with E-state index in [1.165, 1.54) is 0 Å². The number of aromatic hydroxyl groups is 1. The highest BCUT2D eigenvalue weighted by atomic mass is 32.1. The Labute approximate surface area is 179 Å². The van der Waals surface area contributed by atoms with Crippen molar-refractivity contribution in [3.8, 4) is 5.88 Å². The number of anilines is 1. The van der Waals surface area contributed by atoms with E-state index in [1.807, 2.05) is 36.4 Å². The zero-order valence-corrected chi connectivity index (χ0v) is 16.8. The van der Waals surface area contributed by atoms with Crippen LogP contribution in [0, 0.1) is 0 Å². The Kier molecular flexibility index (Phi) is 4.48. The maximum absolute atomic E-state index is 12.7. The van der Waals surface area contributed by atoms with Crippen molar-refractivity contribution in [2.24, 2.45) is 4.99 Å². The van der Waals surface area contributed by atoms with E-state index in [0.29, 0.717) is 27.6 Å². The summed E-state index contributed by atoms with van der Waals surface area (Å²) < 4.78 is 0.960. The first-order chi connectivity index (χ1) is 15.0. The number of rotatable bonds is 4. The molecule has 2 heterocycles. The van der Waals surface area contributed by atoms with Crippen molar-refractivity contribution in [3.63, 3.8) is 0 Å². The third kappa shape index (κ3) is 3.23. The van der Waals surface area contributed by atoms with Crippen LogP contribution in [0.4, 0.5) is 5.69 Å². The van der Waals surface area contributed by atoms with Crippen molar-refractivity contribution < 1.29 is 14.7 Å². The molecule has 0 radical (unpaired) electrons. The zero-order valence-electron chi connectivity index (χ0n) is 16.0. The minimum atomic E-state index is -0.537. The van der Waals surface area contributed by atoms with Crippen LogP contribution in [0.3, 0.4) is 0 Å². The van der Waals surface area contributed by atoms with Crippen molar-refractivity contribution in [1.29, 1.82) is 0 Å². The molecule has 1 aliphatic heterocycles. The van der Waals surface area contributed by atoms with Crippen LogP contribution >= 0.6 is 11.3 Å². The van der Waals surface area contributed by atoms with Gasteiger partial charge in [0.05, 0.1) is 10.9 Å². The van der Waals surface area contributed by atoms with E-state index in [-0.39, 0.29) is 17.0 Å². The first-order valence-corrected chi connectivity index (χ1v) is 10.3. The lowest BCUT2D eigenvalue weighted by atomic mass is 10.1. The van der Waals surface area contributed by atoms with Crippen molar-refractivity contribution in [2.45, 2.75) is 6.54 Å². The molecule has 2 amide bonds. The van der Waals surface area contributed by atoms with Gasteiger partial charge in [0.1, 0.15) is 11.4 Å². The molecule has 0 unspecified atom stereocenters. The van der Waals surface area contributed by atoms with Gasteiger partial charge < -0.3 is 10.4 Å². The molecule has 4 aromatic rings. The summed E-state index contributed by atoms with van der Waals surface area (Å²) in [5.74, 6) is -1.41. The van der Waals surface area contributed by atoms with Crippen molar-refractivity contribution in [2.75, 3.05) is 5.32 Å². The van der Waals surface area contributed by atoms with Crippen LogP contribution in [0.25, 0.3) is 16.3 Å². The van der Waals surface area contributed by atoms with Gasteiger partial charge >= 0.3 is 4.87 Å². The molecule has 0 saturated carbocycles. The molecule has 0 saturated heterocycles. The molecule has 1 aliphatic rings. The maximum atomic E-state index is 12.7. The number of aromatic nitrogens is 1. The lowest BCUT2D eigenvalue weighted by Gasteiger charge is -2.09. The van der Waals surface area contributed by atoms with Gasteiger partial charge in [-0.3, -0.25) is 19.0 Å². The van der Waals surface area contributed by atoms with Crippen molar-refractivity contribution in [3.05, 3.63) is 91.9 Å². The second kappa shape index (κ2) is 7.33. The van der Waals surface area contributed by atoms with E-state index in [1.54, 1.807) is 30.3 Å². The highest BCUT2D eigenvalue weighted by molar-refractivity contribution is 7.11. The van der Waals surface area contributed by atoms with Crippen molar-refractivity contribution in [1.82, 2.24) is 4.57 Å². The van der Waals surface area contributed by atoms with Gasteiger partial charge in [0.2, 0.25) is 11.8 Å². The molecule has 8 heteroatoms. The highest BCUT2D eigenvalue weighted by Gasteiger charge is 2.26. The minimum Gasteiger partial charge on any atom is -0.493 e. The Hall–Kier alpha value is -4.04. The van der Waals surface area contributed by atoms with Gasteiger partial charge in [-0.05, 0) is 17.5 Å². The van der Waals surface area contributed by atoms with Crippen LogP contribution in [0.5, 0.6) is 5.88 Å². The summed E-state index contributed by atoms with van der Waals surface area (Å²) in [4.78, 5) is 41.1. The van der Waals surface area contributed by atoms with Crippen LogP contribution in [0.15, 0.2) is 76.5 Å². The summed E-state index contributed by atoms with van der Waals surface area (Å²) in [5.41, 5.74) is 0.780. The molecule has 31 heavy (non-hydrogen) atoms. The first-order valence-electron chi connectivity index (χ1n) is 9.46. The molecule has 5 rings (SSSR count). The molecule has 0 bridgehead atoms.